The van der Waals surface area contributed by atoms with Gasteiger partial charge in [0, 0.05) is 30.0 Å². The molecule has 0 atom stereocenters. The van der Waals surface area contributed by atoms with Crippen molar-refractivity contribution in [3.8, 4) is 5.69 Å². The summed E-state index contributed by atoms with van der Waals surface area (Å²) in [6.45, 7) is 7.16. The largest absolute Gasteiger partial charge is 0.378 e. The lowest BCUT2D eigenvalue weighted by molar-refractivity contribution is 0.102. The van der Waals surface area contributed by atoms with Gasteiger partial charge in [-0.05, 0) is 62.4 Å². The van der Waals surface area contributed by atoms with Gasteiger partial charge in [0.2, 0.25) is 0 Å². The molecule has 1 N–H and O–H groups in total. The number of amides is 1. The molecule has 0 radical (unpaired) electrons. The number of carbonyl (C=O) groups is 1. The molecule has 31 heavy (non-hydrogen) atoms. The van der Waals surface area contributed by atoms with Crippen LogP contribution in [-0.2, 0) is 4.74 Å². The molecule has 2 aromatic heterocycles. The first-order valence-corrected chi connectivity index (χ1v) is 11.1. The normalized spacial score (nSPS) is 14.2. The molecule has 2 aromatic carbocycles. The third kappa shape index (κ3) is 4.04. The van der Waals surface area contributed by atoms with Gasteiger partial charge in [-0.25, -0.2) is 9.67 Å². The Bertz CT molecular complexity index is 1240. The minimum absolute atomic E-state index is 0.141. The smallest absolute Gasteiger partial charge is 0.255 e. The highest BCUT2D eigenvalue weighted by Gasteiger charge is 2.16. The molecule has 0 spiro atoms. The molecule has 4 aromatic rings. The van der Waals surface area contributed by atoms with Crippen LogP contribution in [0.2, 0.25) is 0 Å². The van der Waals surface area contributed by atoms with E-state index in [9.17, 15) is 4.79 Å². The van der Waals surface area contributed by atoms with E-state index in [1.807, 2.05) is 67.1 Å². The van der Waals surface area contributed by atoms with Crippen LogP contribution in [0.4, 0.5) is 10.8 Å². The van der Waals surface area contributed by atoms with Crippen molar-refractivity contribution in [3.63, 3.8) is 0 Å². The highest BCUT2D eigenvalue weighted by molar-refractivity contribution is 7.22. The third-order valence-corrected chi connectivity index (χ3v) is 6.38. The van der Waals surface area contributed by atoms with Crippen LogP contribution in [0.3, 0.4) is 0 Å². The van der Waals surface area contributed by atoms with Gasteiger partial charge in [-0.2, -0.15) is 5.10 Å². The lowest BCUT2D eigenvalue weighted by Gasteiger charge is -2.25. The van der Waals surface area contributed by atoms with E-state index in [0.717, 1.165) is 64.4 Å². The van der Waals surface area contributed by atoms with Crippen molar-refractivity contribution in [1.82, 2.24) is 14.8 Å². The Kier molecular flexibility index (Phi) is 5.17. The number of aryl methyl sites for hydroxylation is 2. The first-order valence-electron chi connectivity index (χ1n) is 10.3. The molecule has 0 unspecified atom stereocenters. The van der Waals surface area contributed by atoms with E-state index in [0.29, 0.717) is 5.56 Å². The number of carbonyl (C=O) groups excluding carboxylic acids is 1. The second-order valence-electron chi connectivity index (χ2n) is 7.62. The number of nitrogens with zero attached hydrogens (tertiary/aromatic N) is 4. The number of anilines is 2. The van der Waals surface area contributed by atoms with Gasteiger partial charge < -0.3 is 15.0 Å². The van der Waals surface area contributed by atoms with Crippen molar-refractivity contribution in [2.45, 2.75) is 13.8 Å². The first kappa shape index (κ1) is 19.7. The standard InChI is InChI=1S/C23H23N5O2S/c1-15-13-16(2)28(26-15)19-6-3-17(4-7-19)22(29)24-18-5-8-20-21(14-18)31-23(25-20)27-9-11-30-12-10-27/h3-8,13-14H,9-12H2,1-2H3,(H,24,29). The van der Waals surface area contributed by atoms with Gasteiger partial charge in [0.25, 0.3) is 5.91 Å². The van der Waals surface area contributed by atoms with Crippen molar-refractivity contribution in [2.75, 3.05) is 36.5 Å². The number of hydrogen-bond donors (Lipinski definition) is 1. The number of rotatable bonds is 4. The van der Waals surface area contributed by atoms with Crippen molar-refractivity contribution >= 4 is 38.3 Å². The molecule has 0 saturated carbocycles. The van der Waals surface area contributed by atoms with Crippen LogP contribution in [0.5, 0.6) is 0 Å². The average molecular weight is 434 g/mol. The van der Waals surface area contributed by atoms with Gasteiger partial charge in [-0.3, -0.25) is 4.79 Å². The third-order valence-electron chi connectivity index (χ3n) is 5.30. The maximum atomic E-state index is 12.8. The van der Waals surface area contributed by atoms with E-state index in [4.69, 9.17) is 9.72 Å². The fourth-order valence-electron chi connectivity index (χ4n) is 3.73. The highest BCUT2D eigenvalue weighted by atomic mass is 32.1. The molecule has 8 heteroatoms. The molecular weight excluding hydrogens is 410 g/mol. The van der Waals surface area contributed by atoms with E-state index in [-0.39, 0.29) is 5.91 Å². The predicted octanol–water partition coefficient (Wildman–Crippen LogP) is 4.19. The Balaban J connectivity index is 1.32. The van der Waals surface area contributed by atoms with E-state index in [1.54, 1.807) is 11.3 Å². The molecule has 1 fully saturated rings. The molecule has 1 amide bonds. The van der Waals surface area contributed by atoms with E-state index >= 15 is 0 Å². The number of nitrogens with one attached hydrogen (secondary N) is 1. The fourth-order valence-corrected chi connectivity index (χ4v) is 4.78. The fraction of sp³-hybridized carbons (Fsp3) is 0.261. The second-order valence-corrected chi connectivity index (χ2v) is 8.63. The summed E-state index contributed by atoms with van der Waals surface area (Å²) in [5.74, 6) is -0.141. The Hall–Kier alpha value is -3.23. The second kappa shape index (κ2) is 8.13. The zero-order chi connectivity index (χ0) is 21.4. The van der Waals surface area contributed by atoms with Gasteiger partial charge in [0.1, 0.15) is 0 Å². The van der Waals surface area contributed by atoms with Crippen LogP contribution in [0.1, 0.15) is 21.7 Å². The van der Waals surface area contributed by atoms with Crippen LogP contribution in [0.25, 0.3) is 15.9 Å². The van der Waals surface area contributed by atoms with Crippen LogP contribution >= 0.6 is 11.3 Å². The number of morpholine rings is 1. The zero-order valence-corrected chi connectivity index (χ0v) is 18.3. The number of fused-ring (bicyclic) bond motifs is 1. The van der Waals surface area contributed by atoms with Crippen LogP contribution in [0, 0.1) is 13.8 Å². The summed E-state index contributed by atoms with van der Waals surface area (Å²) in [6, 6.07) is 15.3. The molecule has 1 aliphatic heterocycles. The number of ether oxygens (including phenoxy) is 1. The van der Waals surface area contributed by atoms with Crippen molar-refractivity contribution in [1.29, 1.82) is 0 Å². The molecule has 0 aliphatic carbocycles. The summed E-state index contributed by atoms with van der Waals surface area (Å²) in [6.07, 6.45) is 0. The lowest BCUT2D eigenvalue weighted by atomic mass is 10.2. The quantitative estimate of drug-likeness (QED) is 0.523. The minimum atomic E-state index is -0.141. The van der Waals surface area contributed by atoms with Crippen LogP contribution in [0.15, 0.2) is 48.5 Å². The Labute approximate surface area is 184 Å². The molecule has 7 nitrogen and oxygen atoms in total. The number of benzene rings is 2. The van der Waals surface area contributed by atoms with Crippen LogP contribution in [-0.4, -0.2) is 47.0 Å². The van der Waals surface area contributed by atoms with Gasteiger partial charge in [0.15, 0.2) is 5.13 Å². The first-order chi connectivity index (χ1) is 15.1. The summed E-state index contributed by atoms with van der Waals surface area (Å²) in [7, 11) is 0. The highest BCUT2D eigenvalue weighted by Crippen LogP contribution is 2.31. The maximum Gasteiger partial charge on any atom is 0.255 e. The van der Waals surface area contributed by atoms with E-state index < -0.39 is 0 Å². The topological polar surface area (TPSA) is 72.3 Å². The Morgan fingerprint density at radius 2 is 1.84 bits per heavy atom. The molecule has 158 valence electrons. The summed E-state index contributed by atoms with van der Waals surface area (Å²) >= 11 is 1.64. The molecule has 1 saturated heterocycles. The lowest BCUT2D eigenvalue weighted by Crippen LogP contribution is -2.36. The van der Waals surface area contributed by atoms with Gasteiger partial charge in [-0.15, -0.1) is 0 Å². The van der Waals surface area contributed by atoms with Crippen molar-refractivity contribution in [3.05, 3.63) is 65.5 Å². The van der Waals surface area contributed by atoms with Crippen molar-refractivity contribution < 1.29 is 9.53 Å². The molecule has 3 heterocycles. The maximum absolute atomic E-state index is 12.8. The predicted molar refractivity (Wildman–Crippen MR) is 124 cm³/mol. The monoisotopic (exact) mass is 433 g/mol. The van der Waals surface area contributed by atoms with E-state index in [2.05, 4.69) is 15.3 Å². The number of hydrogen-bond acceptors (Lipinski definition) is 6. The van der Waals surface area contributed by atoms with Crippen molar-refractivity contribution in [2.24, 2.45) is 0 Å². The number of thiazole rings is 1. The SMILES string of the molecule is Cc1cc(C)n(-c2ccc(C(=O)Nc3ccc4nc(N5CCOCC5)sc4c3)cc2)n1. The molecule has 0 bridgehead atoms. The molecule has 5 rings (SSSR count). The van der Waals surface area contributed by atoms with Gasteiger partial charge in [0.05, 0.1) is 34.8 Å². The Morgan fingerprint density at radius 1 is 1.06 bits per heavy atom. The van der Waals surface area contributed by atoms with Gasteiger partial charge >= 0.3 is 0 Å². The molecule has 1 aliphatic rings. The van der Waals surface area contributed by atoms with E-state index in [1.165, 1.54) is 0 Å². The average Bonchev–Trinajstić information content (AvgIpc) is 3.36. The minimum Gasteiger partial charge on any atom is -0.378 e. The summed E-state index contributed by atoms with van der Waals surface area (Å²) in [5.41, 5.74) is 5.27. The number of aromatic nitrogens is 3. The van der Waals surface area contributed by atoms with Crippen LogP contribution < -0.4 is 10.2 Å². The van der Waals surface area contributed by atoms with Gasteiger partial charge in [-0.1, -0.05) is 11.3 Å². The molecular formula is C23H23N5O2S. The zero-order valence-electron chi connectivity index (χ0n) is 17.5. The summed E-state index contributed by atoms with van der Waals surface area (Å²) in [4.78, 5) is 19.7. The summed E-state index contributed by atoms with van der Waals surface area (Å²) < 4.78 is 8.35. The summed E-state index contributed by atoms with van der Waals surface area (Å²) in [5, 5.41) is 8.49. The Morgan fingerprint density at radius 3 is 2.55 bits per heavy atom.